The molecule has 0 saturated heterocycles. The van der Waals surface area contributed by atoms with Crippen molar-refractivity contribution in [3.05, 3.63) is 21.6 Å². The smallest absolute Gasteiger partial charge is 0.272 e. The average Bonchev–Trinajstić information content (AvgIpc) is 2.19. The van der Waals surface area contributed by atoms with Crippen LogP contribution in [0.25, 0.3) is 0 Å². The lowest BCUT2D eigenvalue weighted by Gasteiger charge is -2.21. The van der Waals surface area contributed by atoms with Crippen LogP contribution in [-0.4, -0.2) is 20.5 Å². The Bertz CT molecular complexity index is 428. The Morgan fingerprint density at radius 3 is 2.93 bits per heavy atom. The van der Waals surface area contributed by atoms with Crippen molar-refractivity contribution < 1.29 is 4.55 Å². The molecule has 1 aromatic rings. The molecule has 0 aromatic carbocycles. The molecule has 2 heterocycles. The van der Waals surface area contributed by atoms with E-state index in [-0.39, 0.29) is 11.5 Å². The van der Waals surface area contributed by atoms with Gasteiger partial charge >= 0.3 is 0 Å². The molecule has 1 atom stereocenters. The van der Waals surface area contributed by atoms with Crippen molar-refractivity contribution >= 4 is 11.2 Å². The van der Waals surface area contributed by atoms with E-state index in [0.29, 0.717) is 16.2 Å². The van der Waals surface area contributed by atoms with E-state index in [1.165, 1.54) is 0 Å². The zero-order chi connectivity index (χ0) is 11.0. The number of hydrogen-bond acceptors (Lipinski definition) is 3. The SMILES string of the molecule is CC(C)c1n[nH]c(=O)c2c1[S+]([O-])CCC2. The van der Waals surface area contributed by atoms with Crippen molar-refractivity contribution in [3.8, 4) is 0 Å². The molecule has 0 aliphatic carbocycles. The minimum Gasteiger partial charge on any atom is -0.611 e. The molecule has 0 spiro atoms. The van der Waals surface area contributed by atoms with Crippen LogP contribution < -0.4 is 5.56 Å². The maximum atomic E-state index is 11.9. The number of rotatable bonds is 1. The molecule has 1 aliphatic rings. The van der Waals surface area contributed by atoms with Gasteiger partial charge < -0.3 is 4.55 Å². The quantitative estimate of drug-likeness (QED) is 0.725. The molecular weight excluding hydrogens is 212 g/mol. The van der Waals surface area contributed by atoms with Gasteiger partial charge in [-0.05, 0) is 24.0 Å². The minimum atomic E-state index is -1.04. The number of aromatic nitrogens is 2. The van der Waals surface area contributed by atoms with Crippen LogP contribution in [0.4, 0.5) is 0 Å². The molecule has 5 heteroatoms. The van der Waals surface area contributed by atoms with Crippen LogP contribution in [0.15, 0.2) is 9.69 Å². The highest BCUT2D eigenvalue weighted by molar-refractivity contribution is 7.91. The summed E-state index contributed by atoms with van der Waals surface area (Å²) in [7, 11) is 0. The van der Waals surface area contributed by atoms with Crippen molar-refractivity contribution in [2.24, 2.45) is 0 Å². The largest absolute Gasteiger partial charge is 0.611 e. The third-order valence-electron chi connectivity index (χ3n) is 2.59. The molecule has 1 aromatic heterocycles. The van der Waals surface area contributed by atoms with Gasteiger partial charge in [0.05, 0.1) is 5.56 Å². The molecule has 0 fully saturated rings. The van der Waals surface area contributed by atoms with E-state index in [1.54, 1.807) is 0 Å². The first-order chi connectivity index (χ1) is 7.11. The van der Waals surface area contributed by atoms with Gasteiger partial charge in [-0.15, -0.1) is 0 Å². The maximum Gasteiger partial charge on any atom is 0.272 e. The lowest BCUT2D eigenvalue weighted by Crippen LogP contribution is -2.28. The Kier molecular flexibility index (Phi) is 2.84. The molecule has 0 radical (unpaired) electrons. The summed E-state index contributed by atoms with van der Waals surface area (Å²) in [6.45, 7) is 3.99. The molecule has 0 bridgehead atoms. The van der Waals surface area contributed by atoms with Crippen molar-refractivity contribution in [2.75, 3.05) is 5.75 Å². The molecule has 1 unspecified atom stereocenters. The maximum absolute atomic E-state index is 11.9. The monoisotopic (exact) mass is 226 g/mol. The molecule has 1 N–H and O–H groups in total. The molecule has 0 saturated carbocycles. The summed E-state index contributed by atoms with van der Waals surface area (Å²) in [4.78, 5) is 12.2. The van der Waals surface area contributed by atoms with Crippen molar-refractivity contribution in [3.63, 3.8) is 0 Å². The first-order valence-corrected chi connectivity index (χ1v) is 6.43. The van der Waals surface area contributed by atoms with E-state index in [0.717, 1.165) is 18.5 Å². The Balaban J connectivity index is 2.65. The summed E-state index contributed by atoms with van der Waals surface area (Å²) in [5, 5.41) is 6.50. The van der Waals surface area contributed by atoms with E-state index in [2.05, 4.69) is 10.2 Å². The zero-order valence-corrected chi connectivity index (χ0v) is 9.69. The first-order valence-electron chi connectivity index (χ1n) is 5.11. The molecule has 4 nitrogen and oxygen atoms in total. The lowest BCUT2D eigenvalue weighted by molar-refractivity contribution is 0.576. The highest BCUT2D eigenvalue weighted by atomic mass is 32.2. The Labute approximate surface area is 91.3 Å². The van der Waals surface area contributed by atoms with Crippen molar-refractivity contribution in [2.45, 2.75) is 37.5 Å². The van der Waals surface area contributed by atoms with Crippen LogP contribution in [0, 0.1) is 0 Å². The number of nitrogens with one attached hydrogen (secondary N) is 1. The van der Waals surface area contributed by atoms with E-state index in [1.807, 2.05) is 13.8 Å². The van der Waals surface area contributed by atoms with E-state index >= 15 is 0 Å². The number of hydrogen-bond donors (Lipinski definition) is 1. The van der Waals surface area contributed by atoms with Crippen LogP contribution in [0.5, 0.6) is 0 Å². The van der Waals surface area contributed by atoms with Gasteiger partial charge in [-0.25, -0.2) is 5.10 Å². The van der Waals surface area contributed by atoms with Crippen LogP contribution in [0.1, 0.15) is 37.4 Å². The van der Waals surface area contributed by atoms with E-state index in [4.69, 9.17) is 0 Å². The fourth-order valence-corrected chi connectivity index (χ4v) is 3.44. The second-order valence-electron chi connectivity index (χ2n) is 4.05. The third-order valence-corrected chi connectivity index (χ3v) is 4.16. The minimum absolute atomic E-state index is 0.178. The highest BCUT2D eigenvalue weighted by Gasteiger charge is 2.29. The van der Waals surface area contributed by atoms with Crippen molar-refractivity contribution in [1.82, 2.24) is 10.2 Å². The second kappa shape index (κ2) is 3.98. The number of H-pyrrole nitrogens is 1. The summed E-state index contributed by atoms with van der Waals surface area (Å²) in [6.07, 6.45) is 1.54. The zero-order valence-electron chi connectivity index (χ0n) is 8.87. The van der Waals surface area contributed by atoms with Gasteiger partial charge in [0.15, 0.2) is 4.90 Å². The predicted molar refractivity (Wildman–Crippen MR) is 58.5 cm³/mol. The third kappa shape index (κ3) is 1.81. The fraction of sp³-hybridized carbons (Fsp3) is 0.600. The molecule has 15 heavy (non-hydrogen) atoms. The molecule has 1 aliphatic heterocycles. The van der Waals surface area contributed by atoms with Crippen LogP contribution in [0.3, 0.4) is 0 Å². The van der Waals surface area contributed by atoms with Gasteiger partial charge in [0.2, 0.25) is 0 Å². The Morgan fingerprint density at radius 1 is 1.53 bits per heavy atom. The van der Waals surface area contributed by atoms with Gasteiger partial charge in [-0.3, -0.25) is 4.79 Å². The standard InChI is InChI=1S/C10H14N2O2S/c1-6(2)8-9-7(10(13)12-11-8)4-3-5-15(9)14/h6H,3-5H2,1-2H3,(H,12,13). The van der Waals surface area contributed by atoms with Crippen LogP contribution in [-0.2, 0) is 17.6 Å². The lowest BCUT2D eigenvalue weighted by atomic mass is 10.1. The summed E-state index contributed by atoms with van der Waals surface area (Å²) in [5.41, 5.74) is 1.28. The summed E-state index contributed by atoms with van der Waals surface area (Å²) >= 11 is -1.04. The predicted octanol–water partition coefficient (Wildman–Crippen LogP) is 0.947. The Hall–Kier alpha value is -0.810. The molecule has 0 amide bonds. The molecule has 82 valence electrons. The molecule has 2 rings (SSSR count). The van der Waals surface area contributed by atoms with Crippen LogP contribution >= 0.6 is 0 Å². The number of aromatic amines is 1. The highest BCUT2D eigenvalue weighted by Crippen LogP contribution is 2.28. The van der Waals surface area contributed by atoms with Gasteiger partial charge in [-0.2, -0.15) is 5.10 Å². The normalized spacial score (nSPS) is 20.4. The van der Waals surface area contributed by atoms with Gasteiger partial charge in [0, 0.05) is 5.92 Å². The number of fused-ring (bicyclic) bond motifs is 1. The van der Waals surface area contributed by atoms with Gasteiger partial charge in [0.25, 0.3) is 5.56 Å². The summed E-state index contributed by atoms with van der Waals surface area (Å²) in [5.74, 6) is 0.843. The van der Waals surface area contributed by atoms with E-state index in [9.17, 15) is 9.35 Å². The van der Waals surface area contributed by atoms with Crippen molar-refractivity contribution in [1.29, 1.82) is 0 Å². The van der Waals surface area contributed by atoms with E-state index < -0.39 is 11.2 Å². The van der Waals surface area contributed by atoms with Gasteiger partial charge in [0.1, 0.15) is 11.4 Å². The Morgan fingerprint density at radius 2 is 2.27 bits per heavy atom. The second-order valence-corrected chi connectivity index (χ2v) is 5.56. The fourth-order valence-electron chi connectivity index (χ4n) is 1.84. The molecular formula is C10H14N2O2S. The number of nitrogens with zero attached hydrogens (tertiary/aromatic N) is 1. The summed E-state index contributed by atoms with van der Waals surface area (Å²) < 4.78 is 11.9. The first kappa shape index (κ1) is 10.7. The van der Waals surface area contributed by atoms with Crippen LogP contribution in [0.2, 0.25) is 0 Å². The summed E-state index contributed by atoms with van der Waals surface area (Å²) in [6, 6.07) is 0. The average molecular weight is 226 g/mol. The van der Waals surface area contributed by atoms with Gasteiger partial charge in [-0.1, -0.05) is 13.8 Å². The topological polar surface area (TPSA) is 68.8 Å².